The summed E-state index contributed by atoms with van der Waals surface area (Å²) in [7, 11) is 0. The lowest BCUT2D eigenvalue weighted by atomic mass is 10.0. The lowest BCUT2D eigenvalue weighted by Crippen LogP contribution is -1.96. The number of hydrogen-bond donors (Lipinski definition) is 0. The summed E-state index contributed by atoms with van der Waals surface area (Å²) in [5, 5.41) is 1.88. The Balaban J connectivity index is 2.42. The predicted octanol–water partition coefficient (Wildman–Crippen LogP) is 3.92. The van der Waals surface area contributed by atoms with Crippen LogP contribution in [-0.2, 0) is 0 Å². The zero-order chi connectivity index (χ0) is 8.55. The highest BCUT2D eigenvalue weighted by Crippen LogP contribution is 2.41. The molecule has 3 heteroatoms. The van der Waals surface area contributed by atoms with Crippen molar-refractivity contribution in [1.82, 2.24) is 0 Å². The van der Waals surface area contributed by atoms with E-state index < -0.39 is 0 Å². The molecule has 1 unspecified atom stereocenters. The molecule has 0 saturated carbocycles. The molecule has 2 rings (SSSR count). The van der Waals surface area contributed by atoms with Gasteiger partial charge in [-0.2, -0.15) is 0 Å². The van der Waals surface area contributed by atoms with E-state index in [2.05, 4.69) is 28.1 Å². The van der Waals surface area contributed by atoms with Crippen molar-refractivity contribution in [3.05, 3.63) is 28.8 Å². The summed E-state index contributed by atoms with van der Waals surface area (Å²) in [6, 6.07) is 6.16. The summed E-state index contributed by atoms with van der Waals surface area (Å²) in [5.74, 6) is 1.82. The first-order valence-corrected chi connectivity index (χ1v) is 6.28. The third kappa shape index (κ3) is 1.52. The van der Waals surface area contributed by atoms with Crippen LogP contribution in [0.15, 0.2) is 23.1 Å². The first kappa shape index (κ1) is 8.92. The normalized spacial score (nSPS) is 21.0. The van der Waals surface area contributed by atoms with Gasteiger partial charge in [-0.05, 0) is 23.8 Å². The van der Waals surface area contributed by atoms with E-state index in [0.29, 0.717) is 5.92 Å². The van der Waals surface area contributed by atoms with E-state index in [9.17, 15) is 0 Å². The molecule has 1 aromatic carbocycles. The number of benzene rings is 1. The molecule has 0 spiro atoms. The Morgan fingerprint density at radius 2 is 2.42 bits per heavy atom. The smallest absolute Gasteiger partial charge is 0.0409 e. The van der Waals surface area contributed by atoms with Crippen LogP contribution in [0, 0.1) is 0 Å². The largest absolute Gasteiger partial charge is 0.125 e. The van der Waals surface area contributed by atoms with E-state index in [1.807, 2.05) is 17.8 Å². The van der Waals surface area contributed by atoms with Crippen LogP contribution in [-0.4, -0.2) is 11.1 Å². The summed E-state index contributed by atoms with van der Waals surface area (Å²) in [5.41, 5.74) is 1.41. The lowest BCUT2D eigenvalue weighted by Gasteiger charge is -2.05. The molecule has 64 valence electrons. The summed E-state index contributed by atoms with van der Waals surface area (Å²) >= 11 is 11.4. The molecule has 0 fully saturated rings. The van der Waals surface area contributed by atoms with Gasteiger partial charge in [-0.25, -0.2) is 0 Å². The molecule has 12 heavy (non-hydrogen) atoms. The number of fused-ring (bicyclic) bond motifs is 1. The van der Waals surface area contributed by atoms with Gasteiger partial charge >= 0.3 is 0 Å². The van der Waals surface area contributed by atoms with Crippen LogP contribution in [0.3, 0.4) is 0 Å². The van der Waals surface area contributed by atoms with Gasteiger partial charge < -0.3 is 0 Å². The average Bonchev–Trinajstić information content (AvgIpc) is 2.46. The minimum absolute atomic E-state index is 0.642. The number of halogens is 2. The van der Waals surface area contributed by atoms with Crippen LogP contribution in [0.2, 0.25) is 5.02 Å². The zero-order valence-corrected chi connectivity index (χ0v) is 9.55. The Kier molecular flexibility index (Phi) is 2.68. The van der Waals surface area contributed by atoms with Crippen LogP contribution in [0.25, 0.3) is 0 Å². The van der Waals surface area contributed by atoms with Crippen molar-refractivity contribution in [1.29, 1.82) is 0 Å². The number of alkyl halides is 1. The Morgan fingerprint density at radius 3 is 3.17 bits per heavy atom. The van der Waals surface area contributed by atoms with Crippen molar-refractivity contribution < 1.29 is 0 Å². The number of rotatable bonds is 1. The maximum Gasteiger partial charge on any atom is 0.0409 e. The molecule has 0 aromatic heterocycles. The summed E-state index contributed by atoms with van der Waals surface area (Å²) in [6.45, 7) is 0. The van der Waals surface area contributed by atoms with E-state index in [4.69, 9.17) is 11.6 Å². The maximum absolute atomic E-state index is 5.92. The van der Waals surface area contributed by atoms with Gasteiger partial charge in [-0.15, -0.1) is 11.8 Å². The molecule has 0 aliphatic carbocycles. The van der Waals surface area contributed by atoms with E-state index in [-0.39, 0.29) is 0 Å². The van der Waals surface area contributed by atoms with Crippen molar-refractivity contribution in [2.24, 2.45) is 0 Å². The van der Waals surface area contributed by atoms with Crippen molar-refractivity contribution >= 4 is 39.3 Å². The van der Waals surface area contributed by atoms with Crippen LogP contribution in [0.4, 0.5) is 0 Å². The fourth-order valence-corrected chi connectivity index (χ4v) is 3.67. The van der Waals surface area contributed by atoms with Crippen molar-refractivity contribution in [2.75, 3.05) is 11.1 Å². The molecular weight excluding hydrogens is 256 g/mol. The summed E-state index contributed by atoms with van der Waals surface area (Å²) in [6.07, 6.45) is 0. The first-order valence-electron chi connectivity index (χ1n) is 3.79. The molecule has 0 radical (unpaired) electrons. The fraction of sp³-hybridized carbons (Fsp3) is 0.333. The SMILES string of the molecule is Clc1ccc2c(c1)C(CBr)CS2. The molecule has 1 aliphatic rings. The molecule has 0 bridgehead atoms. The molecule has 1 aliphatic heterocycles. The van der Waals surface area contributed by atoms with Gasteiger partial charge in [-0.3, -0.25) is 0 Å². The first-order chi connectivity index (χ1) is 5.81. The molecule has 1 atom stereocenters. The molecular formula is C9H8BrClS. The van der Waals surface area contributed by atoms with Crippen LogP contribution < -0.4 is 0 Å². The third-order valence-corrected chi connectivity index (χ3v) is 4.31. The quantitative estimate of drug-likeness (QED) is 0.692. The zero-order valence-electron chi connectivity index (χ0n) is 6.39. The van der Waals surface area contributed by atoms with E-state index in [1.165, 1.54) is 16.2 Å². The second kappa shape index (κ2) is 3.60. The van der Waals surface area contributed by atoms with E-state index in [0.717, 1.165) is 10.4 Å². The third-order valence-electron chi connectivity index (χ3n) is 2.04. The Hall–Kier alpha value is 0.340. The van der Waals surface area contributed by atoms with Gasteiger partial charge in [0.2, 0.25) is 0 Å². The van der Waals surface area contributed by atoms with E-state index >= 15 is 0 Å². The number of hydrogen-bond acceptors (Lipinski definition) is 1. The Bertz CT molecular complexity index is 301. The van der Waals surface area contributed by atoms with Crippen molar-refractivity contribution in [2.45, 2.75) is 10.8 Å². The highest BCUT2D eigenvalue weighted by molar-refractivity contribution is 9.09. The Morgan fingerprint density at radius 1 is 1.58 bits per heavy atom. The maximum atomic E-state index is 5.92. The van der Waals surface area contributed by atoms with Gasteiger partial charge in [-0.1, -0.05) is 27.5 Å². The van der Waals surface area contributed by atoms with Gasteiger partial charge in [0.1, 0.15) is 0 Å². The second-order valence-electron chi connectivity index (χ2n) is 2.84. The predicted molar refractivity (Wildman–Crippen MR) is 58.7 cm³/mol. The highest BCUT2D eigenvalue weighted by atomic mass is 79.9. The average molecular weight is 264 g/mol. The van der Waals surface area contributed by atoms with Crippen molar-refractivity contribution in [3.8, 4) is 0 Å². The van der Waals surface area contributed by atoms with E-state index in [1.54, 1.807) is 0 Å². The standard InChI is InChI=1S/C9H8BrClS/c10-4-6-5-12-9-2-1-7(11)3-8(6)9/h1-3,6H,4-5H2. The van der Waals surface area contributed by atoms with Crippen molar-refractivity contribution in [3.63, 3.8) is 0 Å². The van der Waals surface area contributed by atoms with Gasteiger partial charge in [0, 0.05) is 26.9 Å². The molecule has 0 nitrogen and oxygen atoms in total. The molecule has 0 saturated heterocycles. The van der Waals surface area contributed by atoms with Gasteiger partial charge in [0.05, 0.1) is 0 Å². The fourth-order valence-electron chi connectivity index (χ4n) is 1.38. The topological polar surface area (TPSA) is 0 Å². The molecule has 1 aromatic rings. The van der Waals surface area contributed by atoms with Crippen LogP contribution in [0.1, 0.15) is 11.5 Å². The second-order valence-corrected chi connectivity index (χ2v) is 4.99. The van der Waals surface area contributed by atoms with Gasteiger partial charge in [0.25, 0.3) is 0 Å². The highest BCUT2D eigenvalue weighted by Gasteiger charge is 2.21. The van der Waals surface area contributed by atoms with Crippen LogP contribution in [0.5, 0.6) is 0 Å². The molecule has 0 N–H and O–H groups in total. The molecule has 0 amide bonds. The molecule has 1 heterocycles. The minimum Gasteiger partial charge on any atom is -0.125 e. The Labute approximate surface area is 89.8 Å². The van der Waals surface area contributed by atoms with Gasteiger partial charge in [0.15, 0.2) is 0 Å². The monoisotopic (exact) mass is 262 g/mol. The summed E-state index contributed by atoms with van der Waals surface area (Å²) in [4.78, 5) is 1.39. The lowest BCUT2D eigenvalue weighted by molar-refractivity contribution is 0.904. The minimum atomic E-state index is 0.642. The number of thioether (sulfide) groups is 1. The van der Waals surface area contributed by atoms with Crippen LogP contribution >= 0.6 is 39.3 Å². The summed E-state index contributed by atoms with van der Waals surface area (Å²) < 4.78 is 0.